The van der Waals surface area contributed by atoms with Crippen molar-refractivity contribution in [2.75, 3.05) is 33.3 Å². The summed E-state index contributed by atoms with van der Waals surface area (Å²) in [4.78, 5) is 14.2. The number of hydrogen-bond donors (Lipinski definition) is 1. The first-order valence-corrected chi connectivity index (χ1v) is 12.1. The van der Waals surface area contributed by atoms with Crippen LogP contribution in [0.5, 0.6) is 5.75 Å². The van der Waals surface area contributed by atoms with E-state index in [1.165, 1.54) is 52.7 Å². The maximum absolute atomic E-state index is 13.0. The molecule has 2 aromatic rings. The van der Waals surface area contributed by atoms with Gasteiger partial charge in [-0.1, -0.05) is 0 Å². The van der Waals surface area contributed by atoms with Crippen LogP contribution < -0.4 is 9.88 Å². The zero-order valence-corrected chi connectivity index (χ0v) is 18.2. The Kier molecular flexibility index (Phi) is 6.33. The van der Waals surface area contributed by atoms with E-state index in [9.17, 15) is 21.6 Å². The summed E-state index contributed by atoms with van der Waals surface area (Å²) in [5, 5.41) is 14.0. The molecule has 31 heavy (non-hydrogen) atoms. The van der Waals surface area contributed by atoms with E-state index in [2.05, 4.69) is 0 Å². The van der Waals surface area contributed by atoms with Crippen LogP contribution in [-0.2, 0) is 20.0 Å². The maximum atomic E-state index is 13.0. The van der Waals surface area contributed by atoms with Crippen molar-refractivity contribution in [3.63, 3.8) is 0 Å². The van der Waals surface area contributed by atoms with Gasteiger partial charge in [0.05, 0.1) is 34.1 Å². The first-order chi connectivity index (χ1) is 14.6. The molecule has 1 heterocycles. The Labute approximate surface area is 180 Å². The lowest BCUT2D eigenvalue weighted by atomic mass is 10.1. The van der Waals surface area contributed by atoms with Crippen molar-refractivity contribution in [3.05, 3.63) is 53.6 Å². The minimum absolute atomic E-state index is 0.0254. The van der Waals surface area contributed by atoms with Crippen molar-refractivity contribution in [2.45, 2.75) is 9.79 Å². The first kappa shape index (κ1) is 22.7. The number of ether oxygens (including phenoxy) is 1. The SMILES string of the molecule is COc1ccc(S(N)(=O)=O)cc1C(=O)N1CCN(S(=O)(=O)c2ccc(C#N)cc2)CC1. The lowest BCUT2D eigenvalue weighted by molar-refractivity contribution is 0.0694. The second-order valence-electron chi connectivity index (χ2n) is 6.74. The number of rotatable bonds is 5. The van der Waals surface area contributed by atoms with E-state index in [1.54, 1.807) is 0 Å². The minimum atomic E-state index is -4.01. The van der Waals surface area contributed by atoms with Gasteiger partial charge in [-0.3, -0.25) is 4.79 Å². The lowest BCUT2D eigenvalue weighted by Gasteiger charge is -2.34. The van der Waals surface area contributed by atoms with Crippen LogP contribution in [0.2, 0.25) is 0 Å². The van der Waals surface area contributed by atoms with E-state index in [0.717, 1.165) is 6.07 Å². The molecular weight excluding hydrogens is 444 g/mol. The molecule has 12 heteroatoms. The van der Waals surface area contributed by atoms with Gasteiger partial charge in [-0.25, -0.2) is 22.0 Å². The van der Waals surface area contributed by atoms with Crippen LogP contribution in [0.1, 0.15) is 15.9 Å². The van der Waals surface area contributed by atoms with Gasteiger partial charge >= 0.3 is 0 Å². The summed E-state index contributed by atoms with van der Waals surface area (Å²) in [6.45, 7) is 0.338. The molecule has 0 radical (unpaired) electrons. The van der Waals surface area contributed by atoms with Gasteiger partial charge in [0.2, 0.25) is 20.0 Å². The van der Waals surface area contributed by atoms with Crippen LogP contribution in [0.15, 0.2) is 52.3 Å². The number of carbonyl (C=O) groups excluding carboxylic acids is 1. The number of primary sulfonamides is 1. The highest BCUT2D eigenvalue weighted by atomic mass is 32.2. The number of sulfonamides is 2. The molecule has 1 fully saturated rings. The fourth-order valence-corrected chi connectivity index (χ4v) is 5.15. The summed E-state index contributed by atoms with van der Waals surface area (Å²) in [5.41, 5.74) is 0.377. The standard InChI is InChI=1S/C19H20N4O6S2/c1-29-18-7-6-16(30(21,25)26)12-17(18)19(24)22-8-10-23(11-9-22)31(27,28)15-4-2-14(13-20)3-5-15/h2-7,12H,8-11H2,1H3,(H2,21,25,26). The van der Waals surface area contributed by atoms with Crippen molar-refractivity contribution < 1.29 is 26.4 Å². The normalized spacial score (nSPS) is 15.3. The molecule has 0 spiro atoms. The molecule has 0 atom stereocenters. The third kappa shape index (κ3) is 4.70. The molecule has 1 saturated heterocycles. The summed E-state index contributed by atoms with van der Waals surface area (Å²) in [7, 11) is -6.43. The number of nitrogens with two attached hydrogens (primary N) is 1. The Balaban J connectivity index is 1.78. The molecule has 0 bridgehead atoms. The number of amides is 1. The second kappa shape index (κ2) is 8.64. The molecule has 0 unspecified atom stereocenters. The quantitative estimate of drug-likeness (QED) is 0.671. The molecule has 0 aliphatic carbocycles. The highest BCUT2D eigenvalue weighted by molar-refractivity contribution is 7.89. The number of benzene rings is 2. The Morgan fingerprint density at radius 3 is 2.10 bits per heavy atom. The van der Waals surface area contributed by atoms with Gasteiger partial charge in [-0.15, -0.1) is 0 Å². The van der Waals surface area contributed by atoms with Crippen LogP contribution in [0.3, 0.4) is 0 Å². The van der Waals surface area contributed by atoms with Crippen molar-refractivity contribution >= 4 is 26.0 Å². The number of hydrogen-bond acceptors (Lipinski definition) is 7. The molecule has 164 valence electrons. The van der Waals surface area contributed by atoms with Crippen LogP contribution in [0.25, 0.3) is 0 Å². The van der Waals surface area contributed by atoms with Gasteiger partial charge in [0.1, 0.15) is 5.75 Å². The molecule has 3 rings (SSSR count). The number of methoxy groups -OCH3 is 1. The topological polar surface area (TPSA) is 151 Å². The number of carbonyl (C=O) groups is 1. The van der Waals surface area contributed by atoms with Crippen LogP contribution >= 0.6 is 0 Å². The predicted molar refractivity (Wildman–Crippen MR) is 110 cm³/mol. The lowest BCUT2D eigenvalue weighted by Crippen LogP contribution is -2.50. The van der Waals surface area contributed by atoms with E-state index >= 15 is 0 Å². The number of nitrogens with zero attached hydrogens (tertiary/aromatic N) is 3. The van der Waals surface area contributed by atoms with Gasteiger partial charge < -0.3 is 9.64 Å². The number of piperazine rings is 1. The summed E-state index contributed by atoms with van der Waals surface area (Å²) in [5.74, 6) is -0.303. The monoisotopic (exact) mass is 464 g/mol. The van der Waals surface area contributed by atoms with Gasteiger partial charge in [0.15, 0.2) is 0 Å². The third-order valence-corrected chi connectivity index (χ3v) is 7.70. The first-order valence-electron chi connectivity index (χ1n) is 9.08. The van der Waals surface area contributed by atoms with E-state index in [1.807, 2.05) is 6.07 Å². The zero-order valence-electron chi connectivity index (χ0n) is 16.6. The molecule has 10 nitrogen and oxygen atoms in total. The fraction of sp³-hybridized carbons (Fsp3) is 0.263. The Morgan fingerprint density at radius 2 is 1.58 bits per heavy atom. The Hall–Kier alpha value is -2.98. The van der Waals surface area contributed by atoms with Crippen LogP contribution in [0.4, 0.5) is 0 Å². The van der Waals surface area contributed by atoms with Crippen LogP contribution in [-0.4, -0.2) is 65.2 Å². The molecule has 2 aromatic carbocycles. The van der Waals surface area contributed by atoms with Gasteiger partial charge in [-0.05, 0) is 42.5 Å². The molecule has 0 saturated carbocycles. The van der Waals surface area contributed by atoms with Gasteiger partial charge in [0, 0.05) is 26.2 Å². The molecule has 1 aliphatic rings. The molecule has 1 amide bonds. The number of nitriles is 1. The molecule has 0 aromatic heterocycles. The Morgan fingerprint density at radius 1 is 1.00 bits per heavy atom. The summed E-state index contributed by atoms with van der Waals surface area (Å²) in [6.07, 6.45) is 0. The van der Waals surface area contributed by atoms with Gasteiger partial charge in [0.25, 0.3) is 5.91 Å². The molecule has 2 N–H and O–H groups in total. The smallest absolute Gasteiger partial charge is 0.257 e. The average molecular weight is 465 g/mol. The molecule has 1 aliphatic heterocycles. The summed E-state index contributed by atoms with van der Waals surface area (Å²) in [6, 6.07) is 11.3. The Bertz CT molecular complexity index is 1240. The predicted octanol–water partition coefficient (Wildman–Crippen LogP) is 0.361. The van der Waals surface area contributed by atoms with Gasteiger partial charge in [-0.2, -0.15) is 9.57 Å². The molecular formula is C19H20N4O6S2. The third-order valence-electron chi connectivity index (χ3n) is 4.88. The van der Waals surface area contributed by atoms with E-state index in [4.69, 9.17) is 15.1 Å². The summed E-state index contributed by atoms with van der Waals surface area (Å²) >= 11 is 0. The zero-order chi connectivity index (χ0) is 22.8. The highest BCUT2D eigenvalue weighted by Crippen LogP contribution is 2.25. The van der Waals surface area contributed by atoms with E-state index in [0.29, 0.717) is 5.56 Å². The average Bonchev–Trinajstić information content (AvgIpc) is 2.77. The van der Waals surface area contributed by atoms with Crippen molar-refractivity contribution in [3.8, 4) is 11.8 Å². The van der Waals surface area contributed by atoms with E-state index in [-0.39, 0.29) is 47.3 Å². The maximum Gasteiger partial charge on any atom is 0.257 e. The summed E-state index contributed by atoms with van der Waals surface area (Å²) < 4.78 is 55.3. The van der Waals surface area contributed by atoms with Crippen molar-refractivity contribution in [2.24, 2.45) is 5.14 Å². The minimum Gasteiger partial charge on any atom is -0.496 e. The largest absolute Gasteiger partial charge is 0.496 e. The second-order valence-corrected chi connectivity index (χ2v) is 10.2. The van der Waals surface area contributed by atoms with Crippen molar-refractivity contribution in [1.29, 1.82) is 5.26 Å². The van der Waals surface area contributed by atoms with Crippen LogP contribution in [0, 0.1) is 11.3 Å². The van der Waals surface area contributed by atoms with E-state index < -0.39 is 26.0 Å². The van der Waals surface area contributed by atoms with Crippen molar-refractivity contribution in [1.82, 2.24) is 9.21 Å². The highest BCUT2D eigenvalue weighted by Gasteiger charge is 2.31. The fourth-order valence-electron chi connectivity index (χ4n) is 3.18.